The number of halogens is 1. The van der Waals surface area contributed by atoms with E-state index in [0.717, 1.165) is 15.9 Å². The first-order chi connectivity index (χ1) is 9.63. The third-order valence-electron chi connectivity index (χ3n) is 3.94. The molecule has 1 aliphatic rings. The number of aromatic nitrogens is 2. The molecule has 0 spiro atoms. The predicted octanol–water partition coefficient (Wildman–Crippen LogP) is 5.53. The van der Waals surface area contributed by atoms with Gasteiger partial charge in [-0.05, 0) is 49.4 Å². The standard InChI is InChI=1S/C16H17BrN2S/c1-10-6-7-12(13(17)8-10)16-18-14(9-15(20)19-16)11-4-2-3-5-11/h6-9,11H,2-5H2,1H3,(H,18,19,20). The summed E-state index contributed by atoms with van der Waals surface area (Å²) in [6.07, 6.45) is 5.14. The molecule has 104 valence electrons. The second-order valence-corrected chi connectivity index (χ2v) is 6.76. The summed E-state index contributed by atoms with van der Waals surface area (Å²) < 4.78 is 1.73. The topological polar surface area (TPSA) is 28.7 Å². The molecule has 1 aromatic carbocycles. The molecule has 0 saturated heterocycles. The van der Waals surface area contributed by atoms with E-state index in [-0.39, 0.29) is 0 Å². The molecule has 2 nitrogen and oxygen atoms in total. The number of benzene rings is 1. The molecule has 3 rings (SSSR count). The van der Waals surface area contributed by atoms with Gasteiger partial charge in [0.1, 0.15) is 10.5 Å². The molecule has 0 bridgehead atoms. The average molecular weight is 349 g/mol. The number of nitrogens with one attached hydrogen (secondary N) is 1. The first kappa shape index (κ1) is 14.0. The molecule has 1 aliphatic carbocycles. The van der Waals surface area contributed by atoms with Crippen molar-refractivity contribution in [2.45, 2.75) is 38.5 Å². The van der Waals surface area contributed by atoms with E-state index < -0.39 is 0 Å². The zero-order valence-electron chi connectivity index (χ0n) is 11.4. The normalized spacial score (nSPS) is 15.7. The van der Waals surface area contributed by atoms with Crippen LogP contribution in [0.15, 0.2) is 28.7 Å². The summed E-state index contributed by atoms with van der Waals surface area (Å²) in [4.78, 5) is 7.99. The molecule has 2 aromatic rings. The molecular formula is C16H17BrN2S. The largest absolute Gasteiger partial charge is 0.343 e. The highest BCUT2D eigenvalue weighted by Crippen LogP contribution is 2.34. The Morgan fingerprint density at radius 3 is 2.70 bits per heavy atom. The highest BCUT2D eigenvalue weighted by Gasteiger charge is 2.19. The van der Waals surface area contributed by atoms with Crippen molar-refractivity contribution in [2.24, 2.45) is 0 Å². The van der Waals surface area contributed by atoms with Crippen LogP contribution in [0.3, 0.4) is 0 Å². The maximum Gasteiger partial charge on any atom is 0.140 e. The highest BCUT2D eigenvalue weighted by molar-refractivity contribution is 9.10. The number of rotatable bonds is 2. The Morgan fingerprint density at radius 2 is 2.00 bits per heavy atom. The van der Waals surface area contributed by atoms with Gasteiger partial charge < -0.3 is 4.98 Å². The molecule has 0 aliphatic heterocycles. The summed E-state index contributed by atoms with van der Waals surface area (Å²) >= 11 is 8.97. The molecule has 0 radical (unpaired) electrons. The van der Waals surface area contributed by atoms with Crippen molar-refractivity contribution in [1.29, 1.82) is 0 Å². The van der Waals surface area contributed by atoms with Crippen molar-refractivity contribution < 1.29 is 0 Å². The molecule has 0 amide bonds. The molecule has 4 heteroatoms. The van der Waals surface area contributed by atoms with E-state index in [1.807, 2.05) is 6.07 Å². The number of nitrogens with zero attached hydrogens (tertiary/aromatic N) is 1. The molecule has 1 heterocycles. The summed E-state index contributed by atoms with van der Waals surface area (Å²) in [5.74, 6) is 1.48. The smallest absolute Gasteiger partial charge is 0.140 e. The monoisotopic (exact) mass is 348 g/mol. The van der Waals surface area contributed by atoms with Gasteiger partial charge in [-0.15, -0.1) is 0 Å². The highest BCUT2D eigenvalue weighted by atomic mass is 79.9. The molecule has 0 unspecified atom stereocenters. The zero-order valence-corrected chi connectivity index (χ0v) is 13.9. The van der Waals surface area contributed by atoms with Gasteiger partial charge in [0.2, 0.25) is 0 Å². The van der Waals surface area contributed by atoms with Crippen molar-refractivity contribution in [3.63, 3.8) is 0 Å². The van der Waals surface area contributed by atoms with Crippen LogP contribution in [-0.4, -0.2) is 9.97 Å². The van der Waals surface area contributed by atoms with Crippen LogP contribution in [-0.2, 0) is 0 Å². The minimum atomic E-state index is 0.614. The van der Waals surface area contributed by atoms with Gasteiger partial charge in [-0.3, -0.25) is 0 Å². The van der Waals surface area contributed by atoms with Crippen molar-refractivity contribution in [3.05, 3.63) is 44.6 Å². The molecule has 1 N–H and O–H groups in total. The maximum absolute atomic E-state index is 5.35. The van der Waals surface area contributed by atoms with E-state index in [1.165, 1.54) is 36.9 Å². The molecule has 0 atom stereocenters. The lowest BCUT2D eigenvalue weighted by Crippen LogP contribution is -2.00. The van der Waals surface area contributed by atoms with Crippen LogP contribution in [0.1, 0.15) is 42.9 Å². The number of hydrogen-bond acceptors (Lipinski definition) is 2. The van der Waals surface area contributed by atoms with Crippen molar-refractivity contribution >= 4 is 28.1 Å². The van der Waals surface area contributed by atoms with Crippen LogP contribution in [0.5, 0.6) is 0 Å². The van der Waals surface area contributed by atoms with Gasteiger partial charge >= 0.3 is 0 Å². The van der Waals surface area contributed by atoms with Gasteiger partial charge in [-0.2, -0.15) is 0 Å². The predicted molar refractivity (Wildman–Crippen MR) is 88.5 cm³/mol. The van der Waals surface area contributed by atoms with Crippen LogP contribution in [0.25, 0.3) is 11.4 Å². The van der Waals surface area contributed by atoms with E-state index in [9.17, 15) is 0 Å². The Kier molecular flexibility index (Phi) is 4.03. The number of aryl methyl sites for hydroxylation is 1. The van der Waals surface area contributed by atoms with E-state index in [0.29, 0.717) is 10.6 Å². The lowest BCUT2D eigenvalue weighted by atomic mass is 10.0. The number of aromatic amines is 1. The molecule has 1 aromatic heterocycles. The molecule has 20 heavy (non-hydrogen) atoms. The second-order valence-electron chi connectivity index (χ2n) is 5.49. The van der Waals surface area contributed by atoms with Crippen LogP contribution in [0.2, 0.25) is 0 Å². The summed E-state index contributed by atoms with van der Waals surface area (Å²) in [5, 5.41) is 0. The van der Waals surface area contributed by atoms with Crippen molar-refractivity contribution in [2.75, 3.05) is 0 Å². The fourth-order valence-corrected chi connectivity index (χ4v) is 3.77. The van der Waals surface area contributed by atoms with E-state index in [2.05, 4.69) is 51.0 Å². The average Bonchev–Trinajstić information content (AvgIpc) is 2.91. The van der Waals surface area contributed by atoms with E-state index >= 15 is 0 Å². The van der Waals surface area contributed by atoms with Gasteiger partial charge in [-0.25, -0.2) is 4.98 Å². The van der Waals surface area contributed by atoms with Crippen molar-refractivity contribution in [1.82, 2.24) is 9.97 Å². The van der Waals surface area contributed by atoms with Crippen LogP contribution in [0.4, 0.5) is 0 Å². The Bertz CT molecular complexity index is 687. The van der Waals surface area contributed by atoms with Gasteiger partial charge in [0.25, 0.3) is 0 Å². The third kappa shape index (κ3) is 2.86. The molecule has 1 fully saturated rings. The van der Waals surface area contributed by atoms with Crippen LogP contribution in [0, 0.1) is 11.6 Å². The first-order valence-electron chi connectivity index (χ1n) is 7.01. The Morgan fingerprint density at radius 1 is 1.25 bits per heavy atom. The molecule has 1 saturated carbocycles. The SMILES string of the molecule is Cc1ccc(-c2nc(=S)cc(C3CCCC3)[nH]2)c(Br)c1. The summed E-state index contributed by atoms with van der Waals surface area (Å²) in [6.45, 7) is 2.08. The van der Waals surface area contributed by atoms with Gasteiger partial charge in [0.15, 0.2) is 0 Å². The summed E-state index contributed by atoms with van der Waals surface area (Å²) in [5.41, 5.74) is 3.54. The zero-order chi connectivity index (χ0) is 14.1. The minimum absolute atomic E-state index is 0.614. The van der Waals surface area contributed by atoms with Crippen molar-refractivity contribution in [3.8, 4) is 11.4 Å². The van der Waals surface area contributed by atoms with Gasteiger partial charge in [0, 0.05) is 15.7 Å². The fraction of sp³-hybridized carbons (Fsp3) is 0.375. The van der Waals surface area contributed by atoms with E-state index in [1.54, 1.807) is 0 Å². The third-order valence-corrected chi connectivity index (χ3v) is 4.80. The Balaban J connectivity index is 2.07. The second kappa shape index (κ2) is 5.78. The quantitative estimate of drug-likeness (QED) is 0.722. The van der Waals surface area contributed by atoms with E-state index in [4.69, 9.17) is 12.2 Å². The lowest BCUT2D eigenvalue weighted by molar-refractivity contribution is 0.694. The lowest BCUT2D eigenvalue weighted by Gasteiger charge is -2.12. The Hall–Kier alpha value is -1.00. The Labute approximate surface area is 132 Å². The number of H-pyrrole nitrogens is 1. The van der Waals surface area contributed by atoms with Gasteiger partial charge in [-0.1, -0.05) is 47.1 Å². The fourth-order valence-electron chi connectivity index (χ4n) is 2.87. The molecular weight excluding hydrogens is 332 g/mol. The first-order valence-corrected chi connectivity index (χ1v) is 8.21. The summed E-state index contributed by atoms with van der Waals surface area (Å²) in [6, 6.07) is 8.32. The summed E-state index contributed by atoms with van der Waals surface area (Å²) in [7, 11) is 0. The van der Waals surface area contributed by atoms with Gasteiger partial charge in [0.05, 0.1) is 0 Å². The minimum Gasteiger partial charge on any atom is -0.343 e. The van der Waals surface area contributed by atoms with Crippen LogP contribution < -0.4 is 0 Å². The number of hydrogen-bond donors (Lipinski definition) is 1. The maximum atomic E-state index is 5.35. The van der Waals surface area contributed by atoms with Crippen LogP contribution >= 0.6 is 28.1 Å².